The third-order valence-electron chi connectivity index (χ3n) is 13.9. The highest BCUT2D eigenvalue weighted by Gasteiger charge is 2.52. The fourth-order valence-corrected chi connectivity index (χ4v) is 9.56. The van der Waals surface area contributed by atoms with Crippen LogP contribution in [0.2, 0.25) is 0 Å². The summed E-state index contributed by atoms with van der Waals surface area (Å²) < 4.78 is 27.1. The zero-order valence-corrected chi connectivity index (χ0v) is 41.3. The lowest BCUT2D eigenvalue weighted by Crippen LogP contribution is -2.61. The van der Waals surface area contributed by atoms with E-state index in [-0.39, 0.29) is 30.6 Å². The smallest absolute Gasteiger partial charge is 0.316 e. The summed E-state index contributed by atoms with van der Waals surface area (Å²) >= 11 is 0. The molecule has 0 saturated carbocycles. The first-order valence-electron chi connectivity index (χ1n) is 23.6. The summed E-state index contributed by atoms with van der Waals surface area (Å²) in [6.07, 6.45) is -0.232. The number of ether oxygens (including phenoxy) is 4. The maximum Gasteiger partial charge on any atom is 0.316 e. The van der Waals surface area contributed by atoms with Gasteiger partial charge in [-0.05, 0) is 98.8 Å². The Hall–Kier alpha value is -3.50. The van der Waals surface area contributed by atoms with Crippen molar-refractivity contribution in [3.8, 4) is 0 Å². The SMILES string of the molecule is CC[C@H]1OC(=O)[C@H](C)C(=O)[C@H](C)[C@@H](O[C@@H]2O[C@H](C)C[C@H](N(C)CCc3cn(CCCCc4ccc([N+](=O)[O-])cc4)nn3)[C@H]2O)[C@](C)(OC)C[C@@H](C)[C@@H](NOCCN(C)C)[C@@H](C)[C@H](O)[C@@]1(C)O. The Bertz CT molecular complexity index is 1830. The molecule has 1 aromatic heterocycles. The highest BCUT2D eigenvalue weighted by Crippen LogP contribution is 2.39. The number of carbonyl (C=O) groups is 2. The number of aliphatic hydroxyl groups is 3. The van der Waals surface area contributed by atoms with Crippen LogP contribution in [-0.4, -0.2) is 165 Å². The largest absolute Gasteiger partial charge is 0.459 e. The van der Waals surface area contributed by atoms with E-state index in [0.29, 0.717) is 39.1 Å². The molecule has 374 valence electrons. The molecule has 4 rings (SSSR count). The Labute approximate surface area is 390 Å². The van der Waals surface area contributed by atoms with E-state index in [2.05, 4.69) is 20.7 Å². The maximum atomic E-state index is 14.4. The van der Waals surface area contributed by atoms with Crippen LogP contribution in [0.1, 0.15) is 98.8 Å². The molecule has 2 aliphatic heterocycles. The minimum Gasteiger partial charge on any atom is -0.459 e. The molecule has 1 aromatic carbocycles. The summed E-state index contributed by atoms with van der Waals surface area (Å²) in [5, 5.41) is 55.3. The molecule has 0 bridgehead atoms. The van der Waals surface area contributed by atoms with Crippen LogP contribution in [0, 0.1) is 33.8 Å². The van der Waals surface area contributed by atoms with E-state index in [9.17, 15) is 35.0 Å². The molecule has 66 heavy (non-hydrogen) atoms. The lowest BCUT2D eigenvalue weighted by Gasteiger charge is -2.48. The van der Waals surface area contributed by atoms with Crippen LogP contribution in [0.5, 0.6) is 0 Å². The molecule has 0 amide bonds. The van der Waals surface area contributed by atoms with E-state index in [0.717, 1.165) is 30.5 Å². The number of nitro groups is 1. The summed E-state index contributed by atoms with van der Waals surface area (Å²) in [6, 6.07) is 5.65. The van der Waals surface area contributed by atoms with Crippen molar-refractivity contribution in [1.29, 1.82) is 0 Å². The summed E-state index contributed by atoms with van der Waals surface area (Å²) in [5.74, 6) is -4.52. The highest BCUT2D eigenvalue weighted by atomic mass is 16.7. The number of nitrogens with one attached hydrogen (secondary N) is 1. The van der Waals surface area contributed by atoms with Crippen molar-refractivity contribution in [1.82, 2.24) is 30.3 Å². The van der Waals surface area contributed by atoms with Gasteiger partial charge in [0.25, 0.3) is 5.69 Å². The van der Waals surface area contributed by atoms with Crippen LogP contribution in [-0.2, 0) is 52.8 Å². The number of Topliss-reactive ketones (excluding diaryl/α,β-unsaturated/α-hetero) is 1. The molecule has 2 saturated heterocycles. The molecule has 2 aromatic rings. The molecule has 19 nitrogen and oxygen atoms in total. The number of hydroxylamine groups is 1. The van der Waals surface area contributed by atoms with Crippen molar-refractivity contribution < 1.29 is 53.6 Å². The van der Waals surface area contributed by atoms with Crippen molar-refractivity contribution in [3.05, 3.63) is 51.8 Å². The third-order valence-corrected chi connectivity index (χ3v) is 13.9. The highest BCUT2D eigenvalue weighted by molar-refractivity contribution is 6.00. The number of nitro benzene ring substituents is 1. The van der Waals surface area contributed by atoms with Gasteiger partial charge >= 0.3 is 5.97 Å². The molecular weight excluding hydrogens is 855 g/mol. The van der Waals surface area contributed by atoms with Gasteiger partial charge in [-0.1, -0.05) is 45.0 Å². The van der Waals surface area contributed by atoms with Crippen molar-refractivity contribution >= 4 is 17.4 Å². The van der Waals surface area contributed by atoms with Gasteiger partial charge in [-0.25, -0.2) is 0 Å². The number of cyclic esters (lactones) is 1. The van der Waals surface area contributed by atoms with E-state index >= 15 is 0 Å². The van der Waals surface area contributed by atoms with E-state index < -0.39 is 88.4 Å². The molecule has 2 fully saturated rings. The number of methoxy groups -OCH3 is 1. The number of unbranched alkanes of at least 4 members (excludes halogenated alkanes) is 1. The summed E-state index contributed by atoms with van der Waals surface area (Å²) in [4.78, 5) is 48.7. The van der Waals surface area contributed by atoms with Crippen LogP contribution in [0.3, 0.4) is 0 Å². The molecule has 4 N–H and O–H groups in total. The van der Waals surface area contributed by atoms with E-state index in [1.165, 1.54) is 33.1 Å². The van der Waals surface area contributed by atoms with Crippen molar-refractivity contribution in [2.45, 2.75) is 167 Å². The molecular formula is C47H79N7O12. The average molecular weight is 934 g/mol. The monoisotopic (exact) mass is 934 g/mol. The summed E-state index contributed by atoms with van der Waals surface area (Å²) in [5.41, 5.74) is 1.98. The van der Waals surface area contributed by atoms with E-state index in [1.807, 2.05) is 57.7 Å². The zero-order valence-electron chi connectivity index (χ0n) is 41.3. The average Bonchev–Trinajstić information content (AvgIpc) is 3.74. The molecule has 3 heterocycles. The Morgan fingerprint density at radius 3 is 2.33 bits per heavy atom. The minimum absolute atomic E-state index is 0.0780. The van der Waals surface area contributed by atoms with Gasteiger partial charge in [-0.15, -0.1) is 5.10 Å². The van der Waals surface area contributed by atoms with E-state index in [4.69, 9.17) is 23.8 Å². The standard InChI is InChI=1S/C47H79N7O12/c1-13-38-47(8,59)42(57)31(4)39(49-63-25-24-51(9)10)29(2)27-46(7,62-12)43(32(5)40(55)33(6)44(58)65-38)66-45-41(56)37(26-30(3)64-45)52(11)23-21-35-28-53(50-48-35)22-15-14-16-34-17-19-36(20-18-34)54(60)61/h17-20,28-33,37-39,41-43,45,49,56-57,59H,13-16,21-27H2,1-12H3/t29-,30-,31-,32+,33-,37+,38-,39-,41-,42+,43-,45+,46-,47+/m1/s1. The molecule has 19 heteroatoms. The topological polar surface area (TPSA) is 233 Å². The third kappa shape index (κ3) is 14.3. The molecule has 0 aliphatic carbocycles. The van der Waals surface area contributed by atoms with Crippen LogP contribution < -0.4 is 5.48 Å². The van der Waals surface area contributed by atoms with Gasteiger partial charge in [-0.3, -0.25) is 24.4 Å². The lowest BCUT2D eigenvalue weighted by molar-refractivity contribution is -0.384. The second-order valence-corrected chi connectivity index (χ2v) is 19.5. The van der Waals surface area contributed by atoms with Gasteiger partial charge in [0.15, 0.2) is 12.1 Å². The second kappa shape index (κ2) is 24.7. The number of likely N-dealkylation sites (N-methyl/N-ethyl adjacent to an activating group) is 2. The number of hydrogen-bond acceptors (Lipinski definition) is 17. The Kier molecular flexibility index (Phi) is 20.6. The molecule has 2 aliphatic rings. The number of rotatable bonds is 19. The van der Waals surface area contributed by atoms with Gasteiger partial charge in [0.1, 0.15) is 23.7 Å². The number of carbonyl (C=O) groups excluding carboxylic acids is 2. The number of benzene rings is 1. The fourth-order valence-electron chi connectivity index (χ4n) is 9.56. The number of aliphatic hydroxyl groups excluding tert-OH is 2. The summed E-state index contributed by atoms with van der Waals surface area (Å²) in [7, 11) is 7.32. The van der Waals surface area contributed by atoms with Gasteiger partial charge in [0, 0.05) is 75.4 Å². The lowest BCUT2D eigenvalue weighted by atomic mass is 9.72. The number of aromatic nitrogens is 3. The normalized spacial score (nSPS) is 34.1. The van der Waals surface area contributed by atoms with Crippen LogP contribution in [0.15, 0.2) is 30.5 Å². The Morgan fingerprint density at radius 2 is 1.71 bits per heavy atom. The van der Waals surface area contributed by atoms with Crippen molar-refractivity contribution in [2.24, 2.45) is 23.7 Å². The first-order chi connectivity index (χ1) is 31.0. The maximum absolute atomic E-state index is 14.4. The molecule has 0 spiro atoms. The molecule has 14 atom stereocenters. The van der Waals surface area contributed by atoms with Gasteiger partial charge in [0.2, 0.25) is 0 Å². The predicted molar refractivity (Wildman–Crippen MR) is 246 cm³/mol. The predicted octanol–water partition coefficient (Wildman–Crippen LogP) is 3.74. The molecule has 0 radical (unpaired) electrons. The Balaban J connectivity index is 1.52. The fraction of sp³-hybridized carbons (Fsp3) is 0.787. The number of esters is 1. The van der Waals surface area contributed by atoms with E-state index in [1.54, 1.807) is 32.9 Å². The van der Waals surface area contributed by atoms with Gasteiger partial charge in [0.05, 0.1) is 41.1 Å². The van der Waals surface area contributed by atoms with Gasteiger partial charge in [-0.2, -0.15) is 5.48 Å². The first kappa shape index (κ1) is 55.1. The minimum atomic E-state index is -1.88. The number of aryl methyl sites for hydroxylation is 2. The quantitative estimate of drug-likeness (QED) is 0.0517. The number of ketones is 1. The van der Waals surface area contributed by atoms with Crippen molar-refractivity contribution in [3.63, 3.8) is 0 Å². The summed E-state index contributed by atoms with van der Waals surface area (Å²) in [6.45, 7) is 16.0. The van der Waals surface area contributed by atoms with Crippen LogP contribution in [0.4, 0.5) is 5.69 Å². The first-order valence-corrected chi connectivity index (χ1v) is 23.6. The number of nitrogens with zero attached hydrogens (tertiary/aromatic N) is 6. The number of hydrogen-bond donors (Lipinski definition) is 4. The Morgan fingerprint density at radius 1 is 1.03 bits per heavy atom. The second-order valence-electron chi connectivity index (χ2n) is 19.5. The van der Waals surface area contributed by atoms with Crippen LogP contribution >= 0.6 is 0 Å². The van der Waals surface area contributed by atoms with Gasteiger partial charge < -0.3 is 48.9 Å². The molecule has 0 unspecified atom stereocenters. The number of non-ortho nitro benzene ring substituents is 1. The van der Waals surface area contributed by atoms with Crippen molar-refractivity contribution in [2.75, 3.05) is 47.9 Å². The zero-order chi connectivity index (χ0) is 49.1. The van der Waals surface area contributed by atoms with Crippen LogP contribution in [0.25, 0.3) is 0 Å².